The fourth-order valence-corrected chi connectivity index (χ4v) is 14.4. The summed E-state index contributed by atoms with van der Waals surface area (Å²) in [5.41, 5.74) is 0. The van der Waals surface area contributed by atoms with Crippen LogP contribution in [0.15, 0.2) is 0 Å². The van der Waals surface area contributed by atoms with Gasteiger partial charge in [-0.3, -0.25) is 37.3 Å². The van der Waals surface area contributed by atoms with Gasteiger partial charge >= 0.3 is 39.5 Å². The summed E-state index contributed by atoms with van der Waals surface area (Å²) in [4.78, 5) is 73.1. The molecule has 0 spiro atoms. The molecule has 19 heteroatoms. The molecule has 0 aliphatic rings. The molecule has 102 heavy (non-hydrogen) atoms. The maximum absolute atomic E-state index is 13.1. The van der Waals surface area contributed by atoms with E-state index >= 15 is 0 Å². The predicted octanol–water partition coefficient (Wildman–Crippen LogP) is 24.9. The standard InChI is InChI=1S/C83H162O17P2/c1-8-9-10-11-12-13-14-15-16-20-27-32-37-44-52-59-67-83(88)100-79(71-94-81(86)65-58-51-46-39-42-49-56-63-76(6)7)73-98-102(91,92)96-69-77(84)68-95-101(89,90)97-72-78(70-93-80(85)64-57-50-43-36-31-26-23-22-25-30-35-41-48-55-62-75(4)5)99-82(87)66-60-53-45-38-33-28-21-18-17-19-24-29-34-40-47-54-61-74(2)3/h74-79,84H,8-73H2,1-7H3,(H,89,90)(H,91,92)/t77-,78-,79-/m1/s1. The average molecular weight is 1490 g/mol. The minimum absolute atomic E-state index is 0.107. The lowest BCUT2D eigenvalue weighted by Crippen LogP contribution is -2.30. The Morgan fingerprint density at radius 1 is 0.265 bits per heavy atom. The summed E-state index contributed by atoms with van der Waals surface area (Å²) in [6, 6.07) is 0. The molecule has 17 nitrogen and oxygen atoms in total. The van der Waals surface area contributed by atoms with Crippen LogP contribution in [0.25, 0.3) is 0 Å². The van der Waals surface area contributed by atoms with Crippen molar-refractivity contribution in [2.75, 3.05) is 39.6 Å². The summed E-state index contributed by atoms with van der Waals surface area (Å²) in [5.74, 6) is 0.205. The van der Waals surface area contributed by atoms with Crippen molar-refractivity contribution in [3.63, 3.8) is 0 Å². The lowest BCUT2D eigenvalue weighted by molar-refractivity contribution is -0.161. The molecule has 2 unspecified atom stereocenters. The van der Waals surface area contributed by atoms with E-state index in [1.807, 2.05) is 0 Å². The monoisotopic (exact) mass is 1490 g/mol. The summed E-state index contributed by atoms with van der Waals surface area (Å²) in [7, 11) is -9.92. The third-order valence-electron chi connectivity index (χ3n) is 19.4. The molecule has 0 radical (unpaired) electrons. The largest absolute Gasteiger partial charge is 0.472 e. The number of carbonyl (C=O) groups is 4. The Labute approximate surface area is 626 Å². The molecule has 0 bridgehead atoms. The van der Waals surface area contributed by atoms with Gasteiger partial charge in [0.25, 0.3) is 0 Å². The van der Waals surface area contributed by atoms with Crippen LogP contribution in [0.4, 0.5) is 0 Å². The Bertz CT molecular complexity index is 1970. The van der Waals surface area contributed by atoms with Gasteiger partial charge in [-0.15, -0.1) is 0 Å². The zero-order chi connectivity index (χ0) is 75.1. The number of aliphatic hydroxyl groups is 1. The van der Waals surface area contributed by atoms with Gasteiger partial charge in [-0.2, -0.15) is 0 Å². The number of ether oxygens (including phenoxy) is 4. The first-order valence-corrected chi connectivity index (χ1v) is 45.8. The predicted molar refractivity (Wildman–Crippen MR) is 418 cm³/mol. The van der Waals surface area contributed by atoms with Gasteiger partial charge in [0.2, 0.25) is 0 Å². The SMILES string of the molecule is CCCCCCCCCCCCCCCCCCC(=O)O[C@H](COC(=O)CCCCCCCCCC(C)C)COP(=O)(O)OC[C@H](O)COP(=O)(O)OC[C@@H](COC(=O)CCCCCCCCCCCCCCCCC(C)C)OC(=O)CCCCCCCCCCCCCCCCCCC(C)C. The summed E-state index contributed by atoms with van der Waals surface area (Å²) >= 11 is 0. The molecule has 0 heterocycles. The highest BCUT2D eigenvalue weighted by atomic mass is 31.2. The fraction of sp³-hybridized carbons (Fsp3) is 0.952. The fourth-order valence-electron chi connectivity index (χ4n) is 12.8. The van der Waals surface area contributed by atoms with Gasteiger partial charge in [0, 0.05) is 25.7 Å². The first-order chi connectivity index (χ1) is 49.2. The van der Waals surface area contributed by atoms with Crippen LogP contribution in [0.3, 0.4) is 0 Å². The molecule has 0 aliphatic carbocycles. The Morgan fingerprint density at radius 3 is 0.667 bits per heavy atom. The molecular formula is C83H162O17P2. The van der Waals surface area contributed by atoms with Gasteiger partial charge in [-0.1, -0.05) is 382 Å². The lowest BCUT2D eigenvalue weighted by Gasteiger charge is -2.21. The van der Waals surface area contributed by atoms with E-state index in [0.717, 1.165) is 108 Å². The highest BCUT2D eigenvalue weighted by Gasteiger charge is 2.30. The number of aliphatic hydroxyl groups excluding tert-OH is 1. The molecule has 5 atom stereocenters. The lowest BCUT2D eigenvalue weighted by atomic mass is 10.0. The molecule has 606 valence electrons. The molecule has 0 saturated carbocycles. The summed E-state index contributed by atoms with van der Waals surface area (Å²) in [5, 5.41) is 10.7. The minimum Gasteiger partial charge on any atom is -0.462 e. The Balaban J connectivity index is 5.24. The second-order valence-electron chi connectivity index (χ2n) is 31.3. The number of esters is 4. The number of unbranched alkanes of at least 4 members (excludes halogenated alkanes) is 49. The smallest absolute Gasteiger partial charge is 0.462 e. The van der Waals surface area contributed by atoms with Crippen molar-refractivity contribution in [1.29, 1.82) is 0 Å². The third-order valence-corrected chi connectivity index (χ3v) is 21.3. The number of phosphoric ester groups is 2. The molecular weight excluding hydrogens is 1330 g/mol. The van der Waals surface area contributed by atoms with E-state index in [-0.39, 0.29) is 25.7 Å². The van der Waals surface area contributed by atoms with Gasteiger partial charge in [0.1, 0.15) is 19.3 Å². The number of rotatable bonds is 81. The zero-order valence-electron chi connectivity index (χ0n) is 67.1. The van der Waals surface area contributed by atoms with Gasteiger partial charge in [0.05, 0.1) is 26.4 Å². The van der Waals surface area contributed by atoms with E-state index in [4.69, 9.17) is 37.0 Å². The molecule has 0 aromatic heterocycles. The maximum Gasteiger partial charge on any atom is 0.472 e. The van der Waals surface area contributed by atoms with E-state index in [2.05, 4.69) is 48.5 Å². The van der Waals surface area contributed by atoms with E-state index in [9.17, 15) is 43.2 Å². The van der Waals surface area contributed by atoms with Gasteiger partial charge in [-0.05, 0) is 43.4 Å². The first kappa shape index (κ1) is 100. The molecule has 3 N–H and O–H groups in total. The second kappa shape index (κ2) is 73.2. The Morgan fingerprint density at radius 2 is 0.451 bits per heavy atom. The van der Waals surface area contributed by atoms with E-state index in [0.29, 0.717) is 31.6 Å². The highest BCUT2D eigenvalue weighted by molar-refractivity contribution is 7.47. The number of hydrogen-bond donors (Lipinski definition) is 3. The molecule has 0 amide bonds. The van der Waals surface area contributed by atoms with Crippen molar-refractivity contribution in [2.24, 2.45) is 17.8 Å². The Hall–Kier alpha value is -1.94. The minimum atomic E-state index is -4.96. The Kier molecular flexibility index (Phi) is 71.8. The quantitative estimate of drug-likeness (QED) is 0.0222. The molecule has 0 fully saturated rings. The number of carbonyl (C=O) groups excluding carboxylic acids is 4. The zero-order valence-corrected chi connectivity index (χ0v) is 68.9. The average Bonchev–Trinajstić information content (AvgIpc) is 1.01. The number of phosphoric acid groups is 2. The molecule has 0 saturated heterocycles. The van der Waals surface area contributed by atoms with E-state index in [1.165, 1.54) is 238 Å². The van der Waals surface area contributed by atoms with Crippen molar-refractivity contribution in [2.45, 2.75) is 452 Å². The summed E-state index contributed by atoms with van der Waals surface area (Å²) < 4.78 is 68.8. The third kappa shape index (κ3) is 76.3. The van der Waals surface area contributed by atoms with Gasteiger partial charge < -0.3 is 33.8 Å². The van der Waals surface area contributed by atoms with Gasteiger partial charge in [-0.25, -0.2) is 9.13 Å². The summed E-state index contributed by atoms with van der Waals surface area (Å²) in [6.07, 6.45) is 62.5. The van der Waals surface area contributed by atoms with Crippen molar-refractivity contribution < 1.29 is 80.2 Å². The van der Waals surface area contributed by atoms with Crippen LogP contribution in [0.2, 0.25) is 0 Å². The van der Waals surface area contributed by atoms with Crippen LogP contribution in [-0.2, 0) is 65.4 Å². The van der Waals surface area contributed by atoms with E-state index in [1.54, 1.807) is 0 Å². The van der Waals surface area contributed by atoms with Gasteiger partial charge in [0.15, 0.2) is 12.2 Å². The van der Waals surface area contributed by atoms with Crippen molar-refractivity contribution in [3.8, 4) is 0 Å². The van der Waals surface area contributed by atoms with Crippen LogP contribution in [0.5, 0.6) is 0 Å². The summed E-state index contributed by atoms with van der Waals surface area (Å²) in [6.45, 7) is 12.0. The van der Waals surface area contributed by atoms with Crippen molar-refractivity contribution in [1.82, 2.24) is 0 Å². The van der Waals surface area contributed by atoms with Crippen LogP contribution in [0.1, 0.15) is 434 Å². The molecule has 0 rings (SSSR count). The normalized spacial score (nSPS) is 13.9. The number of hydrogen-bond acceptors (Lipinski definition) is 15. The molecule has 0 aliphatic heterocycles. The van der Waals surface area contributed by atoms with Crippen LogP contribution in [-0.4, -0.2) is 96.7 Å². The first-order valence-electron chi connectivity index (χ1n) is 42.8. The van der Waals surface area contributed by atoms with Crippen LogP contribution < -0.4 is 0 Å². The second-order valence-corrected chi connectivity index (χ2v) is 34.2. The highest BCUT2D eigenvalue weighted by Crippen LogP contribution is 2.45. The van der Waals surface area contributed by atoms with Crippen molar-refractivity contribution in [3.05, 3.63) is 0 Å². The molecule has 0 aromatic carbocycles. The van der Waals surface area contributed by atoms with Crippen LogP contribution >= 0.6 is 15.6 Å². The van der Waals surface area contributed by atoms with Crippen LogP contribution in [0, 0.1) is 17.8 Å². The van der Waals surface area contributed by atoms with Crippen molar-refractivity contribution >= 4 is 39.5 Å². The maximum atomic E-state index is 13.1. The van der Waals surface area contributed by atoms with E-state index < -0.39 is 97.5 Å². The topological polar surface area (TPSA) is 237 Å². The molecule has 0 aromatic rings.